The van der Waals surface area contributed by atoms with E-state index >= 15 is 0 Å². The molecular weight excluding hydrogens is 507 g/mol. The fourth-order valence-corrected chi connectivity index (χ4v) is 4.98. The number of nitrogens with one attached hydrogen (secondary N) is 1. The Morgan fingerprint density at radius 2 is 1.78 bits per heavy atom. The van der Waals surface area contributed by atoms with E-state index in [0.717, 1.165) is 53.4 Å². The third-order valence-corrected chi connectivity index (χ3v) is 7.36. The molecule has 1 aromatic heterocycles. The minimum atomic E-state index is -0.349. The summed E-state index contributed by atoms with van der Waals surface area (Å²) in [6.07, 6.45) is 1.72. The van der Waals surface area contributed by atoms with Crippen LogP contribution in [0.3, 0.4) is 0 Å². The number of benzene rings is 3. The van der Waals surface area contributed by atoms with E-state index in [9.17, 15) is 4.79 Å². The number of hydrogen-bond acceptors (Lipinski definition) is 6. The van der Waals surface area contributed by atoms with E-state index in [1.54, 1.807) is 12.3 Å². The number of nitrogens with zero attached hydrogens (tertiary/aromatic N) is 3. The maximum Gasteiger partial charge on any atom is 0.340 e. The van der Waals surface area contributed by atoms with Crippen LogP contribution >= 0.6 is 23.2 Å². The molecule has 0 radical (unpaired) electrons. The van der Waals surface area contributed by atoms with Gasteiger partial charge in [-0.05, 0) is 61.0 Å². The summed E-state index contributed by atoms with van der Waals surface area (Å²) in [5, 5.41) is 5.72. The van der Waals surface area contributed by atoms with Gasteiger partial charge in [0.1, 0.15) is 6.61 Å². The number of fused-ring (bicyclic) bond motifs is 1. The number of anilines is 3. The van der Waals surface area contributed by atoms with Crippen molar-refractivity contribution in [2.45, 2.75) is 6.92 Å². The number of pyridine rings is 1. The van der Waals surface area contributed by atoms with Crippen LogP contribution in [0.4, 0.5) is 17.1 Å². The minimum Gasteiger partial charge on any atom is -0.461 e. The zero-order valence-corrected chi connectivity index (χ0v) is 22.1. The molecular formula is C29H28Cl2N4O2. The molecule has 0 bridgehead atoms. The topological polar surface area (TPSA) is 57.7 Å². The number of esters is 1. The molecule has 0 spiro atoms. The summed E-state index contributed by atoms with van der Waals surface area (Å²) in [6, 6.07) is 20.9. The van der Waals surface area contributed by atoms with Crippen LogP contribution in [0, 0.1) is 6.92 Å². The Morgan fingerprint density at radius 1 is 0.973 bits per heavy atom. The smallest absolute Gasteiger partial charge is 0.340 e. The van der Waals surface area contributed by atoms with E-state index in [4.69, 9.17) is 27.9 Å². The predicted octanol–water partition coefficient (Wildman–Crippen LogP) is 6.57. The van der Waals surface area contributed by atoms with Gasteiger partial charge in [-0.3, -0.25) is 9.88 Å². The van der Waals surface area contributed by atoms with Crippen LogP contribution in [0.25, 0.3) is 10.9 Å². The number of ether oxygens (including phenoxy) is 1. The zero-order chi connectivity index (χ0) is 25.8. The Labute approximate surface area is 226 Å². The maximum absolute atomic E-state index is 13.0. The van der Waals surface area contributed by atoms with Crippen LogP contribution < -0.4 is 10.2 Å². The first-order chi connectivity index (χ1) is 18.0. The lowest BCUT2D eigenvalue weighted by molar-refractivity contribution is 0.0460. The van der Waals surface area contributed by atoms with E-state index in [-0.39, 0.29) is 5.97 Å². The van der Waals surface area contributed by atoms with Crippen molar-refractivity contribution in [3.8, 4) is 0 Å². The first-order valence-electron chi connectivity index (χ1n) is 12.3. The Hall–Kier alpha value is -3.32. The van der Waals surface area contributed by atoms with Crippen LogP contribution in [0.1, 0.15) is 15.9 Å². The number of rotatable bonds is 7. The molecule has 0 atom stereocenters. The molecule has 4 aromatic rings. The highest BCUT2D eigenvalue weighted by atomic mass is 35.5. The standard InChI is InChI=1S/C29H28Cl2N4O2/c1-20-24(31)6-4-8-28(20)35-15-13-34(14-16-35)17-18-37-29(36)23-5-2-3-7-25(23)33-26-11-12-32-27-19-21(30)9-10-22(26)27/h2-12,19H,13-18H2,1H3,(H,32,33). The van der Waals surface area contributed by atoms with Gasteiger partial charge in [-0.2, -0.15) is 0 Å². The molecule has 0 saturated carbocycles. The average molecular weight is 535 g/mol. The van der Waals surface area contributed by atoms with Gasteiger partial charge < -0.3 is 15.0 Å². The summed E-state index contributed by atoms with van der Waals surface area (Å²) in [4.78, 5) is 22.1. The predicted molar refractivity (Wildman–Crippen MR) is 152 cm³/mol. The minimum absolute atomic E-state index is 0.333. The number of para-hydroxylation sites is 1. The first kappa shape index (κ1) is 25.3. The molecule has 8 heteroatoms. The summed E-state index contributed by atoms with van der Waals surface area (Å²) in [7, 11) is 0. The Morgan fingerprint density at radius 3 is 2.62 bits per heavy atom. The van der Waals surface area contributed by atoms with Crippen LogP contribution in [0.15, 0.2) is 72.9 Å². The fraction of sp³-hybridized carbons (Fsp3) is 0.241. The van der Waals surface area contributed by atoms with Crippen molar-refractivity contribution in [2.75, 3.05) is 49.5 Å². The van der Waals surface area contributed by atoms with Crippen molar-refractivity contribution in [2.24, 2.45) is 0 Å². The first-order valence-corrected chi connectivity index (χ1v) is 13.0. The number of halogens is 2. The Kier molecular flexibility index (Phi) is 7.79. The van der Waals surface area contributed by atoms with Gasteiger partial charge in [-0.15, -0.1) is 0 Å². The second-order valence-corrected chi connectivity index (χ2v) is 9.88. The largest absolute Gasteiger partial charge is 0.461 e. The number of carbonyl (C=O) groups excluding carboxylic acids is 1. The van der Waals surface area contributed by atoms with E-state index in [1.807, 2.05) is 54.6 Å². The summed E-state index contributed by atoms with van der Waals surface area (Å²) in [5.74, 6) is -0.349. The molecule has 0 aliphatic carbocycles. The van der Waals surface area contributed by atoms with Gasteiger partial charge in [-0.25, -0.2) is 4.79 Å². The van der Waals surface area contributed by atoms with Gasteiger partial charge >= 0.3 is 5.97 Å². The highest BCUT2D eigenvalue weighted by Crippen LogP contribution is 2.29. The molecule has 3 aromatic carbocycles. The molecule has 190 valence electrons. The lowest BCUT2D eigenvalue weighted by atomic mass is 10.1. The SMILES string of the molecule is Cc1c(Cl)cccc1N1CCN(CCOC(=O)c2ccccc2Nc2ccnc3cc(Cl)ccc23)CC1. The highest BCUT2D eigenvalue weighted by Gasteiger charge is 2.20. The number of piperazine rings is 1. The second kappa shape index (κ2) is 11.4. The lowest BCUT2D eigenvalue weighted by Gasteiger charge is -2.36. The number of carbonyl (C=O) groups is 1. The van der Waals surface area contributed by atoms with Crippen molar-refractivity contribution >= 4 is 57.1 Å². The molecule has 0 amide bonds. The van der Waals surface area contributed by atoms with Gasteiger partial charge in [-0.1, -0.05) is 41.4 Å². The molecule has 1 N–H and O–H groups in total. The molecule has 0 unspecified atom stereocenters. The van der Waals surface area contributed by atoms with Crippen molar-refractivity contribution in [3.05, 3.63) is 94.1 Å². The average Bonchev–Trinajstić information content (AvgIpc) is 2.91. The van der Waals surface area contributed by atoms with E-state index in [2.05, 4.69) is 33.1 Å². The van der Waals surface area contributed by atoms with Crippen molar-refractivity contribution < 1.29 is 9.53 Å². The summed E-state index contributed by atoms with van der Waals surface area (Å²) >= 11 is 12.4. The molecule has 37 heavy (non-hydrogen) atoms. The van der Waals surface area contributed by atoms with Gasteiger partial charge in [0, 0.05) is 65.7 Å². The normalized spacial score (nSPS) is 14.1. The highest BCUT2D eigenvalue weighted by molar-refractivity contribution is 6.32. The molecule has 6 nitrogen and oxygen atoms in total. The Bertz CT molecular complexity index is 1420. The van der Waals surface area contributed by atoms with Crippen molar-refractivity contribution in [1.29, 1.82) is 0 Å². The Balaban J connectivity index is 1.17. The van der Waals surface area contributed by atoms with Gasteiger partial charge in [0.2, 0.25) is 0 Å². The molecule has 1 fully saturated rings. The zero-order valence-electron chi connectivity index (χ0n) is 20.6. The van der Waals surface area contributed by atoms with Crippen LogP contribution in [-0.4, -0.2) is 55.2 Å². The molecule has 1 aliphatic heterocycles. The summed E-state index contributed by atoms with van der Waals surface area (Å²) in [6.45, 7) is 6.71. The summed E-state index contributed by atoms with van der Waals surface area (Å²) in [5.41, 5.74) is 5.09. The summed E-state index contributed by atoms with van der Waals surface area (Å²) < 4.78 is 5.68. The van der Waals surface area contributed by atoms with Gasteiger partial charge in [0.15, 0.2) is 0 Å². The monoisotopic (exact) mass is 534 g/mol. The van der Waals surface area contributed by atoms with Gasteiger partial charge in [0.25, 0.3) is 0 Å². The van der Waals surface area contributed by atoms with E-state index in [1.165, 1.54) is 5.69 Å². The molecule has 2 heterocycles. The van der Waals surface area contributed by atoms with Crippen LogP contribution in [-0.2, 0) is 4.74 Å². The third kappa shape index (κ3) is 5.82. The quantitative estimate of drug-likeness (QED) is 0.270. The third-order valence-electron chi connectivity index (χ3n) is 6.71. The van der Waals surface area contributed by atoms with Crippen molar-refractivity contribution in [3.63, 3.8) is 0 Å². The molecule has 1 aliphatic rings. The fourth-order valence-electron chi connectivity index (χ4n) is 4.64. The molecule has 5 rings (SSSR count). The van der Waals surface area contributed by atoms with Gasteiger partial charge in [0.05, 0.1) is 16.8 Å². The lowest BCUT2D eigenvalue weighted by Crippen LogP contribution is -2.47. The van der Waals surface area contributed by atoms with Crippen LogP contribution in [0.5, 0.6) is 0 Å². The maximum atomic E-state index is 13.0. The number of aromatic nitrogens is 1. The molecule has 1 saturated heterocycles. The van der Waals surface area contributed by atoms with Crippen LogP contribution in [0.2, 0.25) is 10.0 Å². The van der Waals surface area contributed by atoms with E-state index < -0.39 is 0 Å². The second-order valence-electron chi connectivity index (χ2n) is 9.04. The van der Waals surface area contributed by atoms with Crippen molar-refractivity contribution in [1.82, 2.24) is 9.88 Å². The number of hydrogen-bond donors (Lipinski definition) is 1. The van der Waals surface area contributed by atoms with E-state index in [0.29, 0.717) is 29.4 Å².